The molecule has 0 saturated heterocycles. The van der Waals surface area contributed by atoms with E-state index < -0.39 is 0 Å². The molecule has 0 unspecified atom stereocenters. The third-order valence-corrected chi connectivity index (χ3v) is 8.93. The third-order valence-electron chi connectivity index (χ3n) is 8.93. The molecule has 0 fully saturated rings. The van der Waals surface area contributed by atoms with Gasteiger partial charge in [-0.15, -0.1) is 0 Å². The lowest BCUT2D eigenvalue weighted by atomic mass is 9.98. The van der Waals surface area contributed by atoms with Gasteiger partial charge in [-0.25, -0.2) is 15.0 Å². The fraction of sp³-hybridized carbons (Fsp3) is 0. The van der Waals surface area contributed by atoms with E-state index in [9.17, 15) is 0 Å². The van der Waals surface area contributed by atoms with Crippen LogP contribution in [-0.2, 0) is 0 Å². The first-order valence-corrected chi connectivity index (χ1v) is 16.4. The molecule has 0 bridgehead atoms. The van der Waals surface area contributed by atoms with Gasteiger partial charge in [-0.3, -0.25) is 0 Å². The summed E-state index contributed by atoms with van der Waals surface area (Å²) in [5.74, 6) is 1.81. The number of para-hydroxylation sites is 1. The molecule has 9 aromatic rings. The molecule has 0 radical (unpaired) electrons. The molecule has 2 aromatic heterocycles. The summed E-state index contributed by atoms with van der Waals surface area (Å²) in [4.78, 5) is 15.4. The van der Waals surface area contributed by atoms with Gasteiger partial charge in [0.2, 0.25) is 0 Å². The number of benzene rings is 7. The zero-order valence-corrected chi connectivity index (χ0v) is 26.5. The van der Waals surface area contributed by atoms with Gasteiger partial charge in [0.25, 0.3) is 0 Å². The van der Waals surface area contributed by atoms with E-state index in [1.807, 2.05) is 42.5 Å². The average molecular weight is 628 g/mol. The zero-order chi connectivity index (χ0) is 32.6. The minimum Gasteiger partial charge on any atom is -0.456 e. The SMILES string of the molecule is c1ccc(-c2cccc(-c3cccc(-c4nc(-c5cccc(-c6ccccc6)c5)nc(-c5cccc6oc7ccccc7c56)n4)c3)c2)cc1. The van der Waals surface area contributed by atoms with E-state index in [-0.39, 0.29) is 0 Å². The molecule has 9 rings (SSSR count). The summed E-state index contributed by atoms with van der Waals surface area (Å²) in [6, 6.07) is 60.5. The lowest BCUT2D eigenvalue weighted by Crippen LogP contribution is -2.00. The fourth-order valence-electron chi connectivity index (χ4n) is 6.53. The number of nitrogens with zero attached hydrogens (tertiary/aromatic N) is 3. The van der Waals surface area contributed by atoms with E-state index in [2.05, 4.69) is 133 Å². The van der Waals surface area contributed by atoms with Crippen molar-refractivity contribution in [3.8, 4) is 67.5 Å². The van der Waals surface area contributed by atoms with Crippen molar-refractivity contribution in [2.24, 2.45) is 0 Å². The van der Waals surface area contributed by atoms with Crippen molar-refractivity contribution in [3.05, 3.63) is 176 Å². The minimum atomic E-state index is 0.596. The van der Waals surface area contributed by atoms with Crippen molar-refractivity contribution in [1.82, 2.24) is 15.0 Å². The van der Waals surface area contributed by atoms with E-state index in [0.717, 1.165) is 60.9 Å². The van der Waals surface area contributed by atoms with Crippen LogP contribution < -0.4 is 0 Å². The van der Waals surface area contributed by atoms with E-state index in [1.165, 1.54) is 11.1 Å². The molecule has 0 aliphatic carbocycles. The highest BCUT2D eigenvalue weighted by Crippen LogP contribution is 2.37. The fourth-order valence-corrected chi connectivity index (χ4v) is 6.53. The molecule has 0 aliphatic heterocycles. The molecular formula is C45H29N3O. The predicted octanol–water partition coefficient (Wildman–Crippen LogP) is 11.8. The van der Waals surface area contributed by atoms with Gasteiger partial charge in [0.05, 0.1) is 0 Å². The van der Waals surface area contributed by atoms with Crippen LogP contribution in [0.5, 0.6) is 0 Å². The monoisotopic (exact) mass is 627 g/mol. The summed E-state index contributed by atoms with van der Waals surface area (Å²) < 4.78 is 6.24. The van der Waals surface area contributed by atoms with Crippen LogP contribution in [0.4, 0.5) is 0 Å². The van der Waals surface area contributed by atoms with Crippen molar-refractivity contribution in [3.63, 3.8) is 0 Å². The van der Waals surface area contributed by atoms with E-state index in [1.54, 1.807) is 0 Å². The van der Waals surface area contributed by atoms with E-state index in [0.29, 0.717) is 17.5 Å². The number of hydrogen-bond acceptors (Lipinski definition) is 4. The molecule has 0 atom stereocenters. The highest BCUT2D eigenvalue weighted by atomic mass is 16.3. The Balaban J connectivity index is 1.22. The molecule has 49 heavy (non-hydrogen) atoms. The topological polar surface area (TPSA) is 51.8 Å². The molecule has 0 spiro atoms. The number of rotatable bonds is 6. The standard InChI is InChI=1S/C45H29N3O/c1-3-13-30(14-4-1)32-17-9-19-34(27-32)35-20-11-22-37(29-35)44-46-43(36-21-10-18-33(28-36)31-15-5-2-6-16-31)47-45(48-44)39-24-12-26-41-42(39)38-23-7-8-25-40(38)49-41/h1-29H. The van der Waals surface area contributed by atoms with Gasteiger partial charge in [0.15, 0.2) is 17.5 Å². The molecule has 0 saturated carbocycles. The minimum absolute atomic E-state index is 0.596. The maximum atomic E-state index is 6.24. The van der Waals surface area contributed by atoms with Gasteiger partial charge in [0, 0.05) is 27.5 Å². The second kappa shape index (κ2) is 12.2. The van der Waals surface area contributed by atoms with Gasteiger partial charge in [-0.2, -0.15) is 0 Å². The predicted molar refractivity (Wildman–Crippen MR) is 200 cm³/mol. The lowest BCUT2D eigenvalue weighted by molar-refractivity contribution is 0.669. The van der Waals surface area contributed by atoms with Crippen molar-refractivity contribution in [1.29, 1.82) is 0 Å². The molecule has 230 valence electrons. The maximum absolute atomic E-state index is 6.24. The van der Waals surface area contributed by atoms with Gasteiger partial charge >= 0.3 is 0 Å². The largest absolute Gasteiger partial charge is 0.456 e. The smallest absolute Gasteiger partial charge is 0.164 e. The summed E-state index contributed by atoms with van der Waals surface area (Å²) in [6.07, 6.45) is 0. The third kappa shape index (κ3) is 5.45. The normalized spacial score (nSPS) is 11.3. The van der Waals surface area contributed by atoms with Gasteiger partial charge in [-0.1, -0.05) is 146 Å². The Morgan fingerprint density at radius 3 is 1.31 bits per heavy atom. The molecule has 4 heteroatoms. The van der Waals surface area contributed by atoms with Crippen LogP contribution in [0.3, 0.4) is 0 Å². The number of aromatic nitrogens is 3. The Morgan fingerprint density at radius 1 is 0.306 bits per heavy atom. The molecule has 0 N–H and O–H groups in total. The summed E-state index contributed by atoms with van der Waals surface area (Å²) in [7, 11) is 0. The van der Waals surface area contributed by atoms with Crippen molar-refractivity contribution in [2.45, 2.75) is 0 Å². The number of fused-ring (bicyclic) bond motifs is 3. The highest BCUT2D eigenvalue weighted by Gasteiger charge is 2.18. The first-order valence-electron chi connectivity index (χ1n) is 16.4. The summed E-state index contributed by atoms with van der Waals surface area (Å²) >= 11 is 0. The zero-order valence-electron chi connectivity index (χ0n) is 26.5. The van der Waals surface area contributed by atoms with E-state index in [4.69, 9.17) is 19.4 Å². The Kier molecular flexibility index (Phi) is 7.10. The van der Waals surface area contributed by atoms with Crippen molar-refractivity contribution in [2.75, 3.05) is 0 Å². The summed E-state index contributed by atoms with van der Waals surface area (Å²) in [5.41, 5.74) is 11.2. The van der Waals surface area contributed by atoms with Crippen LogP contribution in [0.15, 0.2) is 180 Å². The van der Waals surface area contributed by atoms with Gasteiger partial charge in [-0.05, 0) is 63.7 Å². The van der Waals surface area contributed by atoms with Crippen LogP contribution in [0.1, 0.15) is 0 Å². The Labute approximate surface area is 284 Å². The van der Waals surface area contributed by atoms with Crippen LogP contribution in [0.2, 0.25) is 0 Å². The van der Waals surface area contributed by atoms with Crippen LogP contribution in [0.25, 0.3) is 89.5 Å². The first-order chi connectivity index (χ1) is 24.3. The summed E-state index contributed by atoms with van der Waals surface area (Å²) in [6.45, 7) is 0. The summed E-state index contributed by atoms with van der Waals surface area (Å²) in [5, 5.41) is 2.02. The Hall–Kier alpha value is -6.65. The average Bonchev–Trinajstić information content (AvgIpc) is 3.58. The van der Waals surface area contributed by atoms with Gasteiger partial charge < -0.3 is 4.42 Å². The van der Waals surface area contributed by atoms with Gasteiger partial charge in [0.1, 0.15) is 11.2 Å². The quantitative estimate of drug-likeness (QED) is 0.184. The van der Waals surface area contributed by atoms with Crippen LogP contribution in [0, 0.1) is 0 Å². The molecular weight excluding hydrogens is 599 g/mol. The molecule has 2 heterocycles. The van der Waals surface area contributed by atoms with Crippen LogP contribution in [-0.4, -0.2) is 15.0 Å². The second-order valence-corrected chi connectivity index (χ2v) is 12.1. The second-order valence-electron chi connectivity index (χ2n) is 12.1. The molecule has 4 nitrogen and oxygen atoms in total. The van der Waals surface area contributed by atoms with Crippen molar-refractivity contribution < 1.29 is 4.42 Å². The molecule has 7 aromatic carbocycles. The Morgan fingerprint density at radius 2 is 0.714 bits per heavy atom. The molecule has 0 amide bonds. The number of furan rings is 1. The van der Waals surface area contributed by atoms with Crippen molar-refractivity contribution >= 4 is 21.9 Å². The maximum Gasteiger partial charge on any atom is 0.164 e. The van der Waals surface area contributed by atoms with Crippen LogP contribution >= 0.6 is 0 Å². The van der Waals surface area contributed by atoms with E-state index >= 15 is 0 Å². The molecule has 0 aliphatic rings. The Bertz CT molecular complexity index is 2610. The highest BCUT2D eigenvalue weighted by molar-refractivity contribution is 6.11. The number of hydrogen-bond donors (Lipinski definition) is 0. The first kappa shape index (κ1) is 28.6. The lowest BCUT2D eigenvalue weighted by Gasteiger charge is -2.11.